The fraction of sp³-hybridized carbons (Fsp3) is 0.333. The van der Waals surface area contributed by atoms with E-state index in [0.717, 1.165) is 10.4 Å². The van der Waals surface area contributed by atoms with Gasteiger partial charge in [0.05, 0.1) is 30.2 Å². The zero-order valence-electron chi connectivity index (χ0n) is 11.9. The van der Waals surface area contributed by atoms with Crippen LogP contribution in [0.4, 0.5) is 0 Å². The molecule has 1 heterocycles. The van der Waals surface area contributed by atoms with Gasteiger partial charge in [-0.25, -0.2) is 0 Å². The molecule has 2 atom stereocenters. The van der Waals surface area contributed by atoms with E-state index in [4.69, 9.17) is 26.8 Å². The van der Waals surface area contributed by atoms with E-state index in [1.807, 2.05) is 17.5 Å². The molecule has 0 aliphatic carbocycles. The summed E-state index contributed by atoms with van der Waals surface area (Å²) in [6, 6.07) is 7.29. The average Bonchev–Trinajstić information content (AvgIpc) is 2.93. The molecule has 1 aromatic carbocycles. The molecule has 0 aliphatic heterocycles. The Kier molecular flexibility index (Phi) is 5.47. The smallest absolute Gasteiger partial charge is 0.160 e. The molecule has 0 bridgehead atoms. The fourth-order valence-corrected chi connectivity index (χ4v) is 3.45. The molecular weight excluding hydrogens is 310 g/mol. The minimum atomic E-state index is -0.749. The lowest BCUT2D eigenvalue weighted by molar-refractivity contribution is 0.151. The molecule has 2 rings (SSSR count). The number of halogens is 1. The van der Waals surface area contributed by atoms with Crippen molar-refractivity contribution in [2.75, 3.05) is 20.8 Å². The summed E-state index contributed by atoms with van der Waals surface area (Å²) in [6.45, 7) is 0.297. The van der Waals surface area contributed by atoms with E-state index in [0.29, 0.717) is 23.1 Å². The van der Waals surface area contributed by atoms with Gasteiger partial charge in [0.2, 0.25) is 0 Å². The van der Waals surface area contributed by atoms with Gasteiger partial charge in [0.15, 0.2) is 11.5 Å². The molecule has 114 valence electrons. The van der Waals surface area contributed by atoms with E-state index in [9.17, 15) is 5.11 Å². The van der Waals surface area contributed by atoms with Gasteiger partial charge in [-0.3, -0.25) is 0 Å². The van der Waals surface area contributed by atoms with E-state index >= 15 is 0 Å². The highest BCUT2D eigenvalue weighted by molar-refractivity contribution is 7.10. The molecule has 0 radical (unpaired) electrons. The maximum absolute atomic E-state index is 10.6. The second kappa shape index (κ2) is 7.13. The van der Waals surface area contributed by atoms with Crippen LogP contribution in [-0.2, 0) is 0 Å². The fourth-order valence-electron chi connectivity index (χ4n) is 2.23. The monoisotopic (exact) mass is 327 g/mol. The van der Waals surface area contributed by atoms with Crippen LogP contribution in [0.1, 0.15) is 22.5 Å². The highest BCUT2D eigenvalue weighted by Crippen LogP contribution is 2.39. The van der Waals surface area contributed by atoms with Crippen molar-refractivity contribution in [1.29, 1.82) is 0 Å². The van der Waals surface area contributed by atoms with Gasteiger partial charge in [-0.05, 0) is 29.1 Å². The van der Waals surface area contributed by atoms with Crippen LogP contribution >= 0.6 is 22.9 Å². The highest BCUT2D eigenvalue weighted by Gasteiger charge is 2.25. The molecule has 0 amide bonds. The summed E-state index contributed by atoms with van der Waals surface area (Å²) < 4.78 is 10.5. The van der Waals surface area contributed by atoms with Crippen molar-refractivity contribution >= 4 is 22.9 Å². The summed E-state index contributed by atoms with van der Waals surface area (Å²) in [4.78, 5) is 0.724. The Bertz CT molecular complexity index is 602. The largest absolute Gasteiger partial charge is 0.493 e. The summed E-state index contributed by atoms with van der Waals surface area (Å²) in [5.74, 6) is 0.986. The SMILES string of the molecule is COc1ccc(C(CN)C(O)c2sccc2Cl)cc1OC. The third-order valence-electron chi connectivity index (χ3n) is 3.38. The lowest BCUT2D eigenvalue weighted by Crippen LogP contribution is -2.19. The normalized spacial score (nSPS) is 13.8. The number of rotatable bonds is 6. The van der Waals surface area contributed by atoms with E-state index in [1.165, 1.54) is 11.3 Å². The van der Waals surface area contributed by atoms with Crippen LogP contribution < -0.4 is 15.2 Å². The number of hydrogen-bond donors (Lipinski definition) is 2. The molecule has 2 unspecified atom stereocenters. The second-order valence-electron chi connectivity index (χ2n) is 4.53. The van der Waals surface area contributed by atoms with Crippen molar-refractivity contribution in [2.45, 2.75) is 12.0 Å². The topological polar surface area (TPSA) is 64.7 Å². The van der Waals surface area contributed by atoms with E-state index < -0.39 is 6.10 Å². The number of nitrogens with two attached hydrogens (primary N) is 1. The molecule has 3 N–H and O–H groups in total. The molecular formula is C15H18ClNO3S. The Hall–Kier alpha value is -1.27. The van der Waals surface area contributed by atoms with Crippen molar-refractivity contribution in [1.82, 2.24) is 0 Å². The van der Waals surface area contributed by atoms with Crippen LogP contribution in [0.25, 0.3) is 0 Å². The molecule has 0 aliphatic rings. The Morgan fingerprint density at radius 3 is 2.48 bits per heavy atom. The van der Waals surface area contributed by atoms with Crippen molar-refractivity contribution in [2.24, 2.45) is 5.73 Å². The third-order valence-corrected chi connectivity index (χ3v) is 4.81. The Labute approximate surface area is 133 Å². The first-order chi connectivity index (χ1) is 10.1. The first-order valence-electron chi connectivity index (χ1n) is 6.45. The zero-order valence-corrected chi connectivity index (χ0v) is 13.4. The molecule has 4 nitrogen and oxygen atoms in total. The lowest BCUT2D eigenvalue weighted by Gasteiger charge is -2.22. The maximum Gasteiger partial charge on any atom is 0.160 e. The molecule has 1 aromatic heterocycles. The van der Waals surface area contributed by atoms with Gasteiger partial charge in [-0.1, -0.05) is 17.7 Å². The Morgan fingerprint density at radius 2 is 1.95 bits per heavy atom. The number of benzene rings is 1. The minimum absolute atomic E-state index is 0.263. The second-order valence-corrected chi connectivity index (χ2v) is 5.89. The quantitative estimate of drug-likeness (QED) is 0.855. The Morgan fingerprint density at radius 1 is 1.24 bits per heavy atom. The molecule has 0 spiro atoms. The van der Waals surface area contributed by atoms with Gasteiger partial charge >= 0.3 is 0 Å². The number of thiophene rings is 1. The molecule has 0 fully saturated rings. The summed E-state index contributed by atoms with van der Waals surface area (Å²) >= 11 is 7.51. The van der Waals surface area contributed by atoms with E-state index in [2.05, 4.69) is 0 Å². The predicted octanol–water partition coefficient (Wildman–Crippen LogP) is 3.19. The first-order valence-corrected chi connectivity index (χ1v) is 7.71. The number of hydrogen-bond acceptors (Lipinski definition) is 5. The predicted molar refractivity (Wildman–Crippen MR) is 85.6 cm³/mol. The Balaban J connectivity index is 2.35. The van der Waals surface area contributed by atoms with Crippen LogP contribution in [0.15, 0.2) is 29.6 Å². The molecule has 21 heavy (non-hydrogen) atoms. The number of aliphatic hydroxyl groups excluding tert-OH is 1. The van der Waals surface area contributed by atoms with Gasteiger partial charge in [0.25, 0.3) is 0 Å². The zero-order chi connectivity index (χ0) is 15.4. The van der Waals surface area contributed by atoms with Crippen LogP contribution in [0, 0.1) is 0 Å². The summed E-state index contributed by atoms with van der Waals surface area (Å²) in [5, 5.41) is 13.0. The highest BCUT2D eigenvalue weighted by atomic mass is 35.5. The molecule has 6 heteroatoms. The maximum atomic E-state index is 10.6. The van der Waals surface area contributed by atoms with Crippen LogP contribution in [0.3, 0.4) is 0 Å². The lowest BCUT2D eigenvalue weighted by atomic mass is 9.92. The van der Waals surface area contributed by atoms with Gasteiger partial charge in [0, 0.05) is 12.5 Å². The number of ether oxygens (including phenoxy) is 2. The van der Waals surface area contributed by atoms with Gasteiger partial charge in [-0.15, -0.1) is 11.3 Å². The summed E-state index contributed by atoms with van der Waals surface area (Å²) in [6.07, 6.45) is -0.749. The van der Waals surface area contributed by atoms with Gasteiger partial charge < -0.3 is 20.3 Å². The summed E-state index contributed by atoms with van der Waals surface area (Å²) in [7, 11) is 3.16. The molecule has 0 saturated carbocycles. The molecule has 0 saturated heterocycles. The van der Waals surface area contributed by atoms with Crippen LogP contribution in [0.5, 0.6) is 11.5 Å². The first kappa shape index (κ1) is 16.1. The standard InChI is InChI=1S/C15H18ClNO3S/c1-19-12-4-3-9(7-13(12)20-2)10(8-17)14(18)15-11(16)5-6-21-15/h3-7,10,14,18H,8,17H2,1-2H3. The van der Waals surface area contributed by atoms with E-state index in [-0.39, 0.29) is 5.92 Å². The van der Waals surface area contributed by atoms with Crippen molar-refractivity contribution < 1.29 is 14.6 Å². The average molecular weight is 328 g/mol. The van der Waals surface area contributed by atoms with Gasteiger partial charge in [-0.2, -0.15) is 0 Å². The van der Waals surface area contributed by atoms with Gasteiger partial charge in [0.1, 0.15) is 0 Å². The van der Waals surface area contributed by atoms with Crippen LogP contribution in [-0.4, -0.2) is 25.9 Å². The minimum Gasteiger partial charge on any atom is -0.493 e. The van der Waals surface area contributed by atoms with Crippen LogP contribution in [0.2, 0.25) is 5.02 Å². The van der Waals surface area contributed by atoms with Crippen molar-refractivity contribution in [3.05, 3.63) is 45.1 Å². The summed E-state index contributed by atoms with van der Waals surface area (Å²) in [5.41, 5.74) is 6.74. The third kappa shape index (κ3) is 3.32. The van der Waals surface area contributed by atoms with Crippen molar-refractivity contribution in [3.8, 4) is 11.5 Å². The molecule has 2 aromatic rings. The number of methoxy groups -OCH3 is 2. The van der Waals surface area contributed by atoms with E-state index in [1.54, 1.807) is 26.4 Å². The number of aliphatic hydroxyl groups is 1. The van der Waals surface area contributed by atoms with Crippen molar-refractivity contribution in [3.63, 3.8) is 0 Å².